The number of carboxylic acids is 1. The number of halogens is 2. The second-order valence-electron chi connectivity index (χ2n) is 5.03. The monoisotopic (exact) mass is 335 g/mol. The molecular weight excluding hydrogens is 321 g/mol. The van der Waals surface area contributed by atoms with E-state index in [2.05, 4.69) is 5.32 Å². The molecule has 0 aliphatic carbocycles. The van der Waals surface area contributed by atoms with Crippen molar-refractivity contribution in [3.63, 3.8) is 0 Å². The van der Waals surface area contributed by atoms with Crippen molar-refractivity contribution in [3.8, 4) is 0 Å². The molecule has 23 heavy (non-hydrogen) atoms. The van der Waals surface area contributed by atoms with E-state index in [1.807, 2.05) is 0 Å². The second kappa shape index (κ2) is 7.85. The molecule has 2 rings (SSSR count). The Hall–Kier alpha value is -2.24. The zero-order valence-corrected chi connectivity index (χ0v) is 12.9. The SMILES string of the molecule is O=C(CC(NCc1ccc(F)cc1)C(=O)O)c1ccc(Cl)cc1. The van der Waals surface area contributed by atoms with E-state index in [1.165, 1.54) is 12.1 Å². The van der Waals surface area contributed by atoms with Crippen molar-refractivity contribution in [2.75, 3.05) is 0 Å². The van der Waals surface area contributed by atoms with Crippen molar-refractivity contribution in [3.05, 3.63) is 70.5 Å². The lowest BCUT2D eigenvalue weighted by atomic mass is 10.0. The van der Waals surface area contributed by atoms with Crippen molar-refractivity contribution < 1.29 is 19.1 Å². The number of aliphatic carboxylic acids is 1. The van der Waals surface area contributed by atoms with Crippen molar-refractivity contribution >= 4 is 23.4 Å². The van der Waals surface area contributed by atoms with Crippen molar-refractivity contribution in [1.29, 1.82) is 0 Å². The Morgan fingerprint density at radius 2 is 1.70 bits per heavy atom. The molecule has 0 aromatic heterocycles. The first-order valence-electron chi connectivity index (χ1n) is 6.95. The van der Waals surface area contributed by atoms with Crippen molar-refractivity contribution in [1.82, 2.24) is 5.32 Å². The number of hydrogen-bond acceptors (Lipinski definition) is 3. The number of rotatable bonds is 7. The highest BCUT2D eigenvalue weighted by Crippen LogP contribution is 2.12. The molecule has 0 aliphatic rings. The number of carboxylic acid groups (broad SMARTS) is 1. The van der Waals surface area contributed by atoms with Crippen molar-refractivity contribution in [2.24, 2.45) is 0 Å². The molecule has 0 fully saturated rings. The molecule has 0 saturated heterocycles. The summed E-state index contributed by atoms with van der Waals surface area (Å²) in [7, 11) is 0. The summed E-state index contributed by atoms with van der Waals surface area (Å²) in [5.41, 5.74) is 1.14. The van der Waals surface area contributed by atoms with E-state index >= 15 is 0 Å². The third-order valence-corrected chi connectivity index (χ3v) is 3.57. The number of carbonyl (C=O) groups excluding carboxylic acids is 1. The summed E-state index contributed by atoms with van der Waals surface area (Å²) >= 11 is 5.76. The van der Waals surface area contributed by atoms with Gasteiger partial charge in [0.25, 0.3) is 0 Å². The van der Waals surface area contributed by atoms with Crippen LogP contribution >= 0.6 is 11.6 Å². The Bertz CT molecular complexity index is 686. The van der Waals surface area contributed by atoms with Gasteiger partial charge in [-0.1, -0.05) is 23.7 Å². The van der Waals surface area contributed by atoms with E-state index in [0.29, 0.717) is 10.6 Å². The minimum atomic E-state index is -1.12. The quantitative estimate of drug-likeness (QED) is 0.762. The van der Waals surface area contributed by atoms with Gasteiger partial charge in [-0.05, 0) is 42.0 Å². The lowest BCUT2D eigenvalue weighted by Gasteiger charge is -2.14. The lowest BCUT2D eigenvalue weighted by Crippen LogP contribution is -2.38. The minimum Gasteiger partial charge on any atom is -0.480 e. The number of Topliss-reactive ketones (excluding diaryl/α,β-unsaturated/α-hetero) is 1. The maximum absolute atomic E-state index is 12.8. The fourth-order valence-electron chi connectivity index (χ4n) is 2.03. The summed E-state index contributed by atoms with van der Waals surface area (Å²) in [5.74, 6) is -1.77. The first-order chi connectivity index (χ1) is 11.0. The van der Waals surface area contributed by atoms with Gasteiger partial charge in [0.15, 0.2) is 5.78 Å². The fourth-order valence-corrected chi connectivity index (χ4v) is 2.16. The van der Waals surface area contributed by atoms with Crippen LogP contribution < -0.4 is 5.32 Å². The molecule has 0 amide bonds. The highest BCUT2D eigenvalue weighted by Gasteiger charge is 2.21. The van der Waals surface area contributed by atoms with Gasteiger partial charge in [0.1, 0.15) is 11.9 Å². The van der Waals surface area contributed by atoms with Gasteiger partial charge in [-0.2, -0.15) is 0 Å². The zero-order chi connectivity index (χ0) is 16.8. The molecule has 6 heteroatoms. The first kappa shape index (κ1) is 17.1. The van der Waals surface area contributed by atoms with E-state index in [4.69, 9.17) is 11.6 Å². The molecule has 0 spiro atoms. The van der Waals surface area contributed by atoms with Crippen LogP contribution in [0, 0.1) is 5.82 Å². The molecule has 2 aromatic rings. The Balaban J connectivity index is 1.98. The van der Waals surface area contributed by atoms with Crippen LogP contribution in [0.5, 0.6) is 0 Å². The highest BCUT2D eigenvalue weighted by molar-refractivity contribution is 6.30. The molecular formula is C17H15ClFNO3. The molecule has 0 saturated carbocycles. The van der Waals surface area contributed by atoms with E-state index < -0.39 is 12.0 Å². The largest absolute Gasteiger partial charge is 0.480 e. The molecule has 2 N–H and O–H groups in total. The maximum atomic E-state index is 12.8. The van der Waals surface area contributed by atoms with E-state index in [1.54, 1.807) is 36.4 Å². The van der Waals surface area contributed by atoms with Crippen LogP contribution in [0.2, 0.25) is 5.02 Å². The Morgan fingerprint density at radius 3 is 2.26 bits per heavy atom. The van der Waals surface area contributed by atoms with Gasteiger partial charge in [0.05, 0.1) is 0 Å². The average Bonchev–Trinajstić information content (AvgIpc) is 2.53. The fraction of sp³-hybridized carbons (Fsp3) is 0.176. The second-order valence-corrected chi connectivity index (χ2v) is 5.47. The van der Waals surface area contributed by atoms with Gasteiger partial charge in [0.2, 0.25) is 0 Å². The van der Waals surface area contributed by atoms with Crippen LogP contribution in [0.15, 0.2) is 48.5 Å². The maximum Gasteiger partial charge on any atom is 0.321 e. The van der Waals surface area contributed by atoms with Gasteiger partial charge in [-0.25, -0.2) is 4.39 Å². The normalized spacial score (nSPS) is 11.9. The van der Waals surface area contributed by atoms with Gasteiger partial charge in [0, 0.05) is 23.6 Å². The number of nitrogens with one attached hydrogen (secondary N) is 1. The number of hydrogen-bond donors (Lipinski definition) is 2. The Kier molecular flexibility index (Phi) is 5.84. The molecule has 1 unspecified atom stereocenters. The van der Waals surface area contributed by atoms with Crippen LogP contribution in [0.3, 0.4) is 0 Å². The molecule has 2 aromatic carbocycles. The molecule has 0 aliphatic heterocycles. The smallest absolute Gasteiger partial charge is 0.321 e. The van der Waals surface area contributed by atoms with Crippen LogP contribution in [0.25, 0.3) is 0 Å². The third kappa shape index (κ3) is 5.16. The summed E-state index contributed by atoms with van der Waals surface area (Å²) in [4.78, 5) is 23.4. The molecule has 0 heterocycles. The average molecular weight is 336 g/mol. The predicted molar refractivity (Wildman–Crippen MR) is 85.1 cm³/mol. The van der Waals surface area contributed by atoms with Crippen LogP contribution in [0.4, 0.5) is 4.39 Å². The Morgan fingerprint density at radius 1 is 1.09 bits per heavy atom. The molecule has 120 valence electrons. The lowest BCUT2D eigenvalue weighted by molar-refractivity contribution is -0.139. The van der Waals surface area contributed by atoms with Crippen LogP contribution in [0.1, 0.15) is 22.3 Å². The van der Waals surface area contributed by atoms with Gasteiger partial charge < -0.3 is 5.11 Å². The summed E-state index contributed by atoms with van der Waals surface area (Å²) < 4.78 is 12.8. The predicted octanol–water partition coefficient (Wildman–Crippen LogP) is 3.29. The topological polar surface area (TPSA) is 66.4 Å². The number of ketones is 1. The number of carbonyl (C=O) groups is 2. The summed E-state index contributed by atoms with van der Waals surface area (Å²) in [6, 6.07) is 11.0. The molecule has 4 nitrogen and oxygen atoms in total. The van der Waals surface area contributed by atoms with Crippen LogP contribution in [-0.2, 0) is 11.3 Å². The van der Waals surface area contributed by atoms with E-state index in [9.17, 15) is 19.1 Å². The van der Waals surface area contributed by atoms with Gasteiger partial charge >= 0.3 is 5.97 Å². The van der Waals surface area contributed by atoms with Crippen molar-refractivity contribution in [2.45, 2.75) is 19.0 Å². The summed E-state index contributed by atoms with van der Waals surface area (Å²) in [6.45, 7) is 0.227. The summed E-state index contributed by atoms with van der Waals surface area (Å²) in [6.07, 6.45) is -0.182. The third-order valence-electron chi connectivity index (χ3n) is 3.32. The van der Waals surface area contributed by atoms with Gasteiger partial charge in [-0.3, -0.25) is 14.9 Å². The van der Waals surface area contributed by atoms with E-state index in [-0.39, 0.29) is 24.6 Å². The first-order valence-corrected chi connectivity index (χ1v) is 7.33. The molecule has 0 bridgehead atoms. The molecule has 0 radical (unpaired) electrons. The highest BCUT2D eigenvalue weighted by atomic mass is 35.5. The Labute approximate surface area is 137 Å². The summed E-state index contributed by atoms with van der Waals surface area (Å²) in [5, 5.41) is 12.5. The number of benzene rings is 2. The minimum absolute atomic E-state index is 0.182. The van der Waals surface area contributed by atoms with Gasteiger partial charge in [-0.15, -0.1) is 0 Å². The molecule has 1 atom stereocenters. The standard InChI is InChI=1S/C17H15ClFNO3/c18-13-5-3-12(4-6-13)16(21)9-15(17(22)23)20-10-11-1-7-14(19)8-2-11/h1-8,15,20H,9-10H2,(H,22,23). The zero-order valence-electron chi connectivity index (χ0n) is 12.1. The van der Waals surface area contributed by atoms with E-state index in [0.717, 1.165) is 5.56 Å². The van der Waals surface area contributed by atoms with Crippen LogP contribution in [-0.4, -0.2) is 22.9 Å².